The topological polar surface area (TPSA) is 78.7 Å². The maximum absolute atomic E-state index is 12.3. The normalized spacial score (nSPS) is 10.4. The van der Waals surface area contributed by atoms with Gasteiger partial charge in [0.05, 0.1) is 9.40 Å². The van der Waals surface area contributed by atoms with Crippen molar-refractivity contribution in [2.75, 3.05) is 0 Å². The second-order valence-corrected chi connectivity index (χ2v) is 5.03. The molecule has 0 heterocycles. The van der Waals surface area contributed by atoms with Crippen molar-refractivity contribution < 1.29 is 28.0 Å². The third-order valence-corrected chi connectivity index (χ3v) is 3.28. The summed E-state index contributed by atoms with van der Waals surface area (Å²) < 4.78 is 34.7. The molecular weight excluding hydrogens is 380 g/mol. The van der Waals surface area contributed by atoms with Gasteiger partial charge in [0.15, 0.2) is 0 Å². The maximum atomic E-state index is 12.3. The highest BCUT2D eigenvalue weighted by atomic mass is 79.9. The highest BCUT2D eigenvalue weighted by Gasteiger charge is 2.20. The Hall–Kier alpha value is -2.55. The first-order valence-corrected chi connectivity index (χ1v) is 6.86. The van der Waals surface area contributed by atoms with Crippen LogP contribution in [0.5, 0.6) is 17.2 Å². The van der Waals surface area contributed by atoms with Crippen molar-refractivity contribution in [3.8, 4) is 17.2 Å². The average Bonchev–Trinajstić information content (AvgIpc) is 2.48. The predicted molar refractivity (Wildman–Crippen MR) is 79.3 cm³/mol. The Kier molecular flexibility index (Phi) is 5.22. The van der Waals surface area contributed by atoms with Gasteiger partial charge in [0.1, 0.15) is 17.8 Å². The number of rotatable bonds is 6. The minimum atomic E-state index is -3.21. The van der Waals surface area contributed by atoms with Gasteiger partial charge in [-0.05, 0) is 40.2 Å². The Morgan fingerprint density at radius 1 is 1.17 bits per heavy atom. The van der Waals surface area contributed by atoms with E-state index >= 15 is 0 Å². The Balaban J connectivity index is 2.33. The molecular formula is C14H8BrF2NO5. The molecule has 0 fully saturated rings. The Morgan fingerprint density at radius 3 is 2.48 bits per heavy atom. The highest BCUT2D eigenvalue weighted by Crippen LogP contribution is 2.36. The highest BCUT2D eigenvalue weighted by molar-refractivity contribution is 9.10. The summed E-state index contributed by atoms with van der Waals surface area (Å²) in [5, 5.41) is 10.8. The van der Waals surface area contributed by atoms with E-state index in [2.05, 4.69) is 20.7 Å². The molecule has 23 heavy (non-hydrogen) atoms. The van der Waals surface area contributed by atoms with Gasteiger partial charge in [-0.3, -0.25) is 14.9 Å². The van der Waals surface area contributed by atoms with E-state index in [9.17, 15) is 23.7 Å². The van der Waals surface area contributed by atoms with Gasteiger partial charge in [-0.15, -0.1) is 0 Å². The van der Waals surface area contributed by atoms with E-state index in [0.717, 1.165) is 12.1 Å². The zero-order chi connectivity index (χ0) is 17.0. The number of alkyl halides is 2. The monoisotopic (exact) mass is 387 g/mol. The van der Waals surface area contributed by atoms with Crippen LogP contribution in [0.15, 0.2) is 40.9 Å². The van der Waals surface area contributed by atoms with Crippen LogP contribution in [0.1, 0.15) is 10.4 Å². The third-order valence-electron chi connectivity index (χ3n) is 2.66. The predicted octanol–water partition coefficient (Wildman–Crippen LogP) is 4.56. The minimum absolute atomic E-state index is 0.0609. The average molecular weight is 388 g/mol. The molecule has 0 aliphatic rings. The van der Waals surface area contributed by atoms with E-state index < -0.39 is 23.0 Å². The molecule has 0 aliphatic heterocycles. The molecule has 9 heteroatoms. The van der Waals surface area contributed by atoms with E-state index in [0.29, 0.717) is 22.1 Å². The van der Waals surface area contributed by atoms with Crippen LogP contribution in [-0.4, -0.2) is 17.8 Å². The number of carbonyl (C=O) groups is 1. The summed E-state index contributed by atoms with van der Waals surface area (Å²) in [5.41, 5.74) is -0.192. The Morgan fingerprint density at radius 2 is 1.91 bits per heavy atom. The molecule has 0 N–H and O–H groups in total. The van der Waals surface area contributed by atoms with Crippen molar-refractivity contribution in [2.24, 2.45) is 0 Å². The van der Waals surface area contributed by atoms with E-state index in [1.165, 1.54) is 24.3 Å². The van der Waals surface area contributed by atoms with Crippen LogP contribution < -0.4 is 9.47 Å². The van der Waals surface area contributed by atoms with Crippen LogP contribution >= 0.6 is 15.9 Å². The summed E-state index contributed by atoms with van der Waals surface area (Å²) in [5.74, 6) is -0.249. The number of aldehydes is 1. The molecule has 0 aromatic heterocycles. The lowest BCUT2D eigenvalue weighted by Gasteiger charge is -2.10. The quantitative estimate of drug-likeness (QED) is 0.412. The van der Waals surface area contributed by atoms with E-state index in [4.69, 9.17) is 4.74 Å². The van der Waals surface area contributed by atoms with Gasteiger partial charge < -0.3 is 9.47 Å². The summed E-state index contributed by atoms with van der Waals surface area (Å²) in [6, 6.07) is 7.73. The van der Waals surface area contributed by atoms with Gasteiger partial charge in [0, 0.05) is 17.7 Å². The van der Waals surface area contributed by atoms with Crippen LogP contribution in [0.2, 0.25) is 0 Å². The summed E-state index contributed by atoms with van der Waals surface area (Å²) in [6.07, 6.45) is 0.648. The lowest BCUT2D eigenvalue weighted by molar-refractivity contribution is -0.386. The second-order valence-electron chi connectivity index (χ2n) is 4.17. The lowest BCUT2D eigenvalue weighted by atomic mass is 10.2. The number of nitrogens with zero attached hydrogens (tertiary/aromatic N) is 1. The fourth-order valence-corrected chi connectivity index (χ4v) is 2.18. The van der Waals surface area contributed by atoms with Gasteiger partial charge in [0.2, 0.25) is 5.75 Å². The molecule has 0 saturated carbocycles. The van der Waals surface area contributed by atoms with Crippen molar-refractivity contribution in [1.82, 2.24) is 0 Å². The molecule has 6 nitrogen and oxygen atoms in total. The fourth-order valence-electron chi connectivity index (χ4n) is 1.70. The number of hydrogen-bond donors (Lipinski definition) is 0. The molecule has 0 amide bonds. The second kappa shape index (κ2) is 7.14. The zero-order valence-corrected chi connectivity index (χ0v) is 12.8. The van der Waals surface area contributed by atoms with Crippen molar-refractivity contribution >= 4 is 27.9 Å². The van der Waals surface area contributed by atoms with Crippen molar-refractivity contribution in [1.29, 1.82) is 0 Å². The first-order valence-electron chi connectivity index (χ1n) is 6.06. The molecule has 0 aliphatic carbocycles. The standard InChI is InChI=1S/C14H8BrF2NO5/c15-10-5-8(7-19)1-4-12(10)22-9-2-3-11(18(20)21)13(6-9)23-14(16)17/h1-7,14H. The number of benzene rings is 2. The van der Waals surface area contributed by atoms with Gasteiger partial charge in [-0.25, -0.2) is 0 Å². The van der Waals surface area contributed by atoms with Crippen LogP contribution in [0, 0.1) is 10.1 Å². The number of nitro benzene ring substituents is 1. The van der Waals surface area contributed by atoms with Gasteiger partial charge in [-0.2, -0.15) is 8.78 Å². The number of nitro groups is 1. The van der Waals surface area contributed by atoms with Gasteiger partial charge in [-0.1, -0.05) is 0 Å². The Bertz CT molecular complexity index is 754. The summed E-state index contributed by atoms with van der Waals surface area (Å²) in [6.45, 7) is -3.21. The number of hydrogen-bond acceptors (Lipinski definition) is 5. The zero-order valence-electron chi connectivity index (χ0n) is 11.2. The molecule has 120 valence electrons. The van der Waals surface area contributed by atoms with Crippen LogP contribution in [-0.2, 0) is 0 Å². The van der Waals surface area contributed by atoms with Crippen molar-refractivity contribution in [2.45, 2.75) is 6.61 Å². The molecule has 0 unspecified atom stereocenters. The third kappa shape index (κ3) is 4.22. The molecule has 2 aromatic carbocycles. The summed E-state index contributed by atoms with van der Waals surface area (Å²) in [4.78, 5) is 20.6. The fraction of sp³-hybridized carbons (Fsp3) is 0.0714. The Labute approximate surface area is 136 Å². The number of carbonyl (C=O) groups excluding carboxylic acids is 1. The maximum Gasteiger partial charge on any atom is 0.387 e. The number of halogens is 3. The van der Waals surface area contributed by atoms with Crippen molar-refractivity contribution in [3.63, 3.8) is 0 Å². The molecule has 0 spiro atoms. The molecule has 2 aromatic rings. The molecule has 0 saturated heterocycles. The van der Waals surface area contributed by atoms with Crippen LogP contribution in [0.25, 0.3) is 0 Å². The molecule has 0 atom stereocenters. The molecule has 0 bridgehead atoms. The summed E-state index contributed by atoms with van der Waals surface area (Å²) in [7, 11) is 0. The van der Waals surface area contributed by atoms with Gasteiger partial charge in [0.25, 0.3) is 0 Å². The first-order chi connectivity index (χ1) is 10.9. The first kappa shape index (κ1) is 16.8. The van der Waals surface area contributed by atoms with E-state index in [-0.39, 0.29) is 5.75 Å². The van der Waals surface area contributed by atoms with Crippen molar-refractivity contribution in [3.05, 3.63) is 56.5 Å². The lowest BCUT2D eigenvalue weighted by Crippen LogP contribution is -2.04. The SMILES string of the molecule is O=Cc1ccc(Oc2ccc([N+](=O)[O-])c(OC(F)F)c2)c(Br)c1. The van der Waals surface area contributed by atoms with E-state index in [1.807, 2.05) is 0 Å². The van der Waals surface area contributed by atoms with E-state index in [1.54, 1.807) is 0 Å². The molecule has 0 radical (unpaired) electrons. The smallest absolute Gasteiger partial charge is 0.387 e. The van der Waals surface area contributed by atoms with Gasteiger partial charge >= 0.3 is 12.3 Å². The number of ether oxygens (including phenoxy) is 2. The minimum Gasteiger partial charge on any atom is -0.456 e. The van der Waals surface area contributed by atoms with Crippen LogP contribution in [0.4, 0.5) is 14.5 Å². The van der Waals surface area contributed by atoms with Crippen LogP contribution in [0.3, 0.4) is 0 Å². The largest absolute Gasteiger partial charge is 0.456 e. The molecule has 2 rings (SSSR count). The summed E-state index contributed by atoms with van der Waals surface area (Å²) >= 11 is 3.20.